The summed E-state index contributed by atoms with van der Waals surface area (Å²) < 4.78 is 0. The van der Waals surface area contributed by atoms with Crippen LogP contribution in [0.1, 0.15) is 64.7 Å². The molecule has 0 heterocycles. The Morgan fingerprint density at radius 2 is 1.85 bits per heavy atom. The highest BCUT2D eigenvalue weighted by Crippen LogP contribution is 2.61. The fraction of sp³-hybridized carbons (Fsp3) is 0.889. The van der Waals surface area contributed by atoms with Crippen LogP contribution in [0, 0.1) is 23.2 Å². The van der Waals surface area contributed by atoms with Crippen molar-refractivity contribution >= 4 is 0 Å². The Bertz CT molecular complexity index is 441. The average Bonchev–Trinajstić information content (AvgIpc) is 2.74. The molecule has 2 fully saturated rings. The molecule has 2 saturated carbocycles. The van der Waals surface area contributed by atoms with Gasteiger partial charge >= 0.3 is 0 Å². The van der Waals surface area contributed by atoms with Crippen LogP contribution >= 0.6 is 0 Å². The van der Waals surface area contributed by atoms with Crippen LogP contribution in [0.5, 0.6) is 0 Å². The number of rotatable bonds is 0. The SMILES string of the molecule is C[C@]12CC[C@@H]3C4=C(CC[C@@H]3[C@@H]1CC[C@H]2O)C[C@@H](O)CC4. The van der Waals surface area contributed by atoms with Crippen LogP contribution in [0.15, 0.2) is 11.1 Å². The molecule has 0 aromatic rings. The van der Waals surface area contributed by atoms with E-state index in [0.717, 1.165) is 43.4 Å². The number of hydrogen-bond acceptors (Lipinski definition) is 2. The molecule has 2 heteroatoms. The molecule has 2 nitrogen and oxygen atoms in total. The zero-order valence-corrected chi connectivity index (χ0v) is 12.6. The number of allylic oxidation sites excluding steroid dienone is 1. The summed E-state index contributed by atoms with van der Waals surface area (Å²) in [6, 6.07) is 0. The van der Waals surface area contributed by atoms with E-state index < -0.39 is 0 Å². The van der Waals surface area contributed by atoms with Gasteiger partial charge in [0, 0.05) is 0 Å². The monoisotopic (exact) mass is 276 g/mol. The van der Waals surface area contributed by atoms with Crippen molar-refractivity contribution in [2.75, 3.05) is 0 Å². The van der Waals surface area contributed by atoms with Crippen LogP contribution in [0.25, 0.3) is 0 Å². The van der Waals surface area contributed by atoms with Crippen LogP contribution < -0.4 is 0 Å². The van der Waals surface area contributed by atoms with E-state index in [1.54, 1.807) is 11.1 Å². The molecule has 0 saturated heterocycles. The van der Waals surface area contributed by atoms with Gasteiger partial charge < -0.3 is 10.2 Å². The van der Waals surface area contributed by atoms with Gasteiger partial charge in [-0.05, 0) is 81.0 Å². The maximum Gasteiger partial charge on any atom is 0.0596 e. The lowest BCUT2D eigenvalue weighted by atomic mass is 9.54. The van der Waals surface area contributed by atoms with Gasteiger partial charge in [0.25, 0.3) is 0 Å². The van der Waals surface area contributed by atoms with Gasteiger partial charge in [0.15, 0.2) is 0 Å². The third-order valence-corrected chi connectivity index (χ3v) is 7.30. The highest BCUT2D eigenvalue weighted by molar-refractivity contribution is 5.27. The first kappa shape index (κ1) is 13.3. The molecule has 2 N–H and O–H groups in total. The van der Waals surface area contributed by atoms with E-state index in [1.807, 2.05) is 0 Å². The summed E-state index contributed by atoms with van der Waals surface area (Å²) in [5, 5.41) is 20.3. The van der Waals surface area contributed by atoms with Crippen LogP contribution in [-0.2, 0) is 0 Å². The van der Waals surface area contributed by atoms with Crippen LogP contribution in [0.4, 0.5) is 0 Å². The lowest BCUT2D eigenvalue weighted by Crippen LogP contribution is -2.45. The lowest BCUT2D eigenvalue weighted by Gasteiger charge is -2.51. The first-order valence-electron chi connectivity index (χ1n) is 8.66. The summed E-state index contributed by atoms with van der Waals surface area (Å²) in [5.41, 5.74) is 3.54. The van der Waals surface area contributed by atoms with E-state index in [9.17, 15) is 10.2 Å². The first-order chi connectivity index (χ1) is 9.59. The molecule has 0 amide bonds. The highest BCUT2D eigenvalue weighted by atomic mass is 16.3. The second-order valence-electron chi connectivity index (χ2n) is 8.08. The minimum Gasteiger partial charge on any atom is -0.393 e. The molecule has 0 bridgehead atoms. The van der Waals surface area contributed by atoms with Crippen molar-refractivity contribution in [2.24, 2.45) is 23.2 Å². The van der Waals surface area contributed by atoms with Gasteiger partial charge in [0.1, 0.15) is 0 Å². The van der Waals surface area contributed by atoms with Gasteiger partial charge in [-0.2, -0.15) is 0 Å². The van der Waals surface area contributed by atoms with Gasteiger partial charge in [0.05, 0.1) is 12.2 Å². The van der Waals surface area contributed by atoms with Crippen molar-refractivity contribution < 1.29 is 10.2 Å². The van der Waals surface area contributed by atoms with Crippen LogP contribution in [0.2, 0.25) is 0 Å². The molecule has 0 aliphatic heterocycles. The first-order valence-corrected chi connectivity index (χ1v) is 8.66. The van der Waals surface area contributed by atoms with Gasteiger partial charge in [-0.25, -0.2) is 0 Å². The summed E-state index contributed by atoms with van der Waals surface area (Å²) in [7, 11) is 0. The molecule has 0 aromatic carbocycles. The molecular weight excluding hydrogens is 248 g/mol. The van der Waals surface area contributed by atoms with Crippen molar-refractivity contribution in [3.8, 4) is 0 Å². The van der Waals surface area contributed by atoms with E-state index in [4.69, 9.17) is 0 Å². The maximum absolute atomic E-state index is 10.4. The number of aliphatic hydroxyl groups is 2. The summed E-state index contributed by atoms with van der Waals surface area (Å²) in [6.07, 6.45) is 10.2. The minimum absolute atomic E-state index is 0.0583. The molecule has 0 unspecified atom stereocenters. The van der Waals surface area contributed by atoms with Crippen LogP contribution in [0.3, 0.4) is 0 Å². The Labute approximate surface area is 122 Å². The van der Waals surface area contributed by atoms with Gasteiger partial charge in [-0.1, -0.05) is 18.1 Å². The molecule has 20 heavy (non-hydrogen) atoms. The average molecular weight is 276 g/mol. The van der Waals surface area contributed by atoms with Crippen molar-refractivity contribution in [1.82, 2.24) is 0 Å². The van der Waals surface area contributed by atoms with Crippen molar-refractivity contribution in [3.63, 3.8) is 0 Å². The van der Waals surface area contributed by atoms with Gasteiger partial charge in [-0.15, -0.1) is 0 Å². The number of hydrogen-bond donors (Lipinski definition) is 2. The van der Waals surface area contributed by atoms with Gasteiger partial charge in [-0.3, -0.25) is 0 Å². The lowest BCUT2D eigenvalue weighted by molar-refractivity contribution is -0.0326. The minimum atomic E-state index is -0.0764. The standard InChI is InChI=1S/C18H28O2/c1-18-9-8-14-13-5-3-12(19)10-11(13)2-4-15(14)16(18)6-7-17(18)20/h12,14-17,19-20H,2-10H2,1H3/t12-,14+,15-,16-,17+,18-/m0/s1. The van der Waals surface area contributed by atoms with E-state index in [1.165, 1.54) is 32.1 Å². The second kappa shape index (κ2) is 4.58. The summed E-state index contributed by atoms with van der Waals surface area (Å²) in [5.74, 6) is 2.35. The number of fused-ring (bicyclic) bond motifs is 4. The largest absolute Gasteiger partial charge is 0.393 e. The fourth-order valence-electron chi connectivity index (χ4n) is 6.16. The van der Waals surface area contributed by atoms with E-state index in [-0.39, 0.29) is 17.6 Å². The predicted molar refractivity (Wildman–Crippen MR) is 79.2 cm³/mol. The zero-order valence-electron chi connectivity index (χ0n) is 12.6. The summed E-state index contributed by atoms with van der Waals surface area (Å²) >= 11 is 0. The molecule has 4 aliphatic carbocycles. The molecule has 6 atom stereocenters. The Morgan fingerprint density at radius 3 is 2.70 bits per heavy atom. The van der Waals surface area contributed by atoms with Crippen molar-refractivity contribution in [3.05, 3.63) is 11.1 Å². The smallest absolute Gasteiger partial charge is 0.0596 e. The summed E-state index contributed by atoms with van der Waals surface area (Å²) in [4.78, 5) is 0. The normalized spacial score (nSPS) is 51.5. The zero-order chi connectivity index (χ0) is 13.9. The van der Waals surface area contributed by atoms with Crippen LogP contribution in [-0.4, -0.2) is 22.4 Å². The third kappa shape index (κ3) is 1.77. The quantitative estimate of drug-likeness (QED) is 0.666. The highest BCUT2D eigenvalue weighted by Gasteiger charge is 2.54. The maximum atomic E-state index is 10.4. The summed E-state index contributed by atoms with van der Waals surface area (Å²) in [6.45, 7) is 2.35. The molecular formula is C18H28O2. The molecule has 0 spiro atoms. The molecule has 4 rings (SSSR count). The van der Waals surface area contributed by atoms with E-state index in [2.05, 4.69) is 6.92 Å². The predicted octanol–water partition coefficient (Wildman–Crippen LogP) is 3.43. The van der Waals surface area contributed by atoms with Gasteiger partial charge in [0.2, 0.25) is 0 Å². The topological polar surface area (TPSA) is 40.5 Å². The molecule has 0 aromatic heterocycles. The Hall–Kier alpha value is -0.340. The fourth-order valence-corrected chi connectivity index (χ4v) is 6.16. The molecule has 0 radical (unpaired) electrons. The van der Waals surface area contributed by atoms with Crippen molar-refractivity contribution in [2.45, 2.75) is 76.9 Å². The number of aliphatic hydroxyl groups excluding tert-OH is 2. The third-order valence-electron chi connectivity index (χ3n) is 7.30. The Morgan fingerprint density at radius 1 is 1.00 bits per heavy atom. The second-order valence-corrected chi connectivity index (χ2v) is 8.08. The molecule has 112 valence electrons. The van der Waals surface area contributed by atoms with Crippen molar-refractivity contribution in [1.29, 1.82) is 0 Å². The Kier molecular flexibility index (Phi) is 3.05. The Balaban J connectivity index is 1.64. The molecule has 4 aliphatic rings. The van der Waals surface area contributed by atoms with E-state index in [0.29, 0.717) is 0 Å². The van der Waals surface area contributed by atoms with E-state index >= 15 is 0 Å².